The number of fused-ring (bicyclic) bond motifs is 1. The first-order valence-electron chi connectivity index (χ1n) is 5.32. The minimum Gasteiger partial charge on any atom is -0.397 e. The number of aromatic nitrogens is 2. The lowest BCUT2D eigenvalue weighted by molar-refractivity contribution is 1.33. The fraction of sp³-hybridized carbons (Fsp3) is 0. The van der Waals surface area contributed by atoms with Gasteiger partial charge in [0.1, 0.15) is 0 Å². The average Bonchev–Trinajstić information content (AvgIpc) is 2.42. The van der Waals surface area contributed by atoms with Gasteiger partial charge in [-0.25, -0.2) is 0 Å². The van der Waals surface area contributed by atoms with Crippen molar-refractivity contribution in [2.24, 2.45) is 0 Å². The number of nitrogens with two attached hydrogens (primary N) is 1. The van der Waals surface area contributed by atoms with Crippen molar-refractivity contribution in [2.45, 2.75) is 0 Å². The van der Waals surface area contributed by atoms with Crippen molar-refractivity contribution in [3.05, 3.63) is 67.1 Å². The predicted molar refractivity (Wildman–Crippen MR) is 70.4 cm³/mol. The zero-order valence-corrected chi connectivity index (χ0v) is 9.32. The van der Waals surface area contributed by atoms with Crippen molar-refractivity contribution in [1.29, 1.82) is 0 Å². The first-order valence-corrected chi connectivity index (χ1v) is 5.32. The van der Waals surface area contributed by atoms with Gasteiger partial charge in [-0.2, -0.15) is 0 Å². The summed E-state index contributed by atoms with van der Waals surface area (Å²) in [4.78, 5) is 7.94. The van der Waals surface area contributed by atoms with Crippen molar-refractivity contribution >= 4 is 16.6 Å². The van der Waals surface area contributed by atoms with Gasteiger partial charge in [-0.15, -0.1) is 0 Å². The van der Waals surface area contributed by atoms with Crippen LogP contribution in [0.5, 0.6) is 0 Å². The number of hydrogen-bond acceptors (Lipinski definition) is 3. The molecule has 0 aliphatic rings. The summed E-state index contributed by atoms with van der Waals surface area (Å²) < 4.78 is 0. The molecular formula is C14H13N3. The Morgan fingerprint density at radius 1 is 0.765 bits per heavy atom. The Kier molecular flexibility index (Phi) is 3.65. The molecule has 3 aromatic rings. The average molecular weight is 223 g/mol. The molecule has 84 valence electrons. The predicted octanol–water partition coefficient (Wildman–Crippen LogP) is 2.90. The maximum Gasteiger partial charge on any atom is 0.0931 e. The highest BCUT2D eigenvalue weighted by Crippen LogP contribution is 2.16. The van der Waals surface area contributed by atoms with Gasteiger partial charge >= 0.3 is 0 Å². The summed E-state index contributed by atoms with van der Waals surface area (Å²) in [6.07, 6.45) is 5.25. The van der Waals surface area contributed by atoms with Crippen molar-refractivity contribution in [2.75, 3.05) is 5.73 Å². The number of pyridine rings is 2. The molecule has 3 rings (SSSR count). The molecule has 0 saturated heterocycles. The Morgan fingerprint density at radius 3 is 2.12 bits per heavy atom. The highest BCUT2D eigenvalue weighted by atomic mass is 14.7. The Bertz CT molecular complexity index is 547. The SMILES string of the molecule is Nc1cccc2cccnc12.c1ccncc1. The van der Waals surface area contributed by atoms with Crippen molar-refractivity contribution in [3.8, 4) is 0 Å². The lowest BCUT2D eigenvalue weighted by Crippen LogP contribution is -1.87. The van der Waals surface area contributed by atoms with Gasteiger partial charge in [0, 0.05) is 24.0 Å². The molecule has 0 aliphatic carbocycles. The third-order valence-corrected chi connectivity index (χ3v) is 2.23. The summed E-state index contributed by atoms with van der Waals surface area (Å²) in [6.45, 7) is 0. The van der Waals surface area contributed by atoms with E-state index < -0.39 is 0 Å². The van der Waals surface area contributed by atoms with Gasteiger partial charge < -0.3 is 5.73 Å². The second kappa shape index (κ2) is 5.61. The molecular weight excluding hydrogens is 210 g/mol. The molecule has 0 saturated carbocycles. The Hall–Kier alpha value is -2.42. The first kappa shape index (κ1) is 11.1. The van der Waals surface area contributed by atoms with Gasteiger partial charge in [0.2, 0.25) is 0 Å². The third-order valence-electron chi connectivity index (χ3n) is 2.23. The maximum absolute atomic E-state index is 5.69. The van der Waals surface area contributed by atoms with E-state index in [0.717, 1.165) is 16.6 Å². The molecule has 0 bridgehead atoms. The molecule has 1 aromatic carbocycles. The molecule has 2 aromatic heterocycles. The number of para-hydroxylation sites is 1. The molecule has 0 spiro atoms. The zero-order chi connectivity index (χ0) is 11.9. The Labute approximate surface area is 100.0 Å². The lowest BCUT2D eigenvalue weighted by Gasteiger charge is -1.97. The van der Waals surface area contributed by atoms with Gasteiger partial charge in [0.25, 0.3) is 0 Å². The van der Waals surface area contributed by atoms with Gasteiger partial charge in [0.15, 0.2) is 0 Å². The number of hydrogen-bond donors (Lipinski definition) is 1. The number of nitrogen functional groups attached to an aromatic ring is 1. The number of benzene rings is 1. The molecule has 0 atom stereocenters. The molecule has 2 heterocycles. The van der Waals surface area contributed by atoms with E-state index in [0.29, 0.717) is 0 Å². The van der Waals surface area contributed by atoms with Crippen LogP contribution < -0.4 is 5.73 Å². The van der Waals surface area contributed by atoms with Crippen LogP contribution in [0.15, 0.2) is 67.1 Å². The van der Waals surface area contributed by atoms with Crippen molar-refractivity contribution in [3.63, 3.8) is 0 Å². The molecule has 17 heavy (non-hydrogen) atoms. The van der Waals surface area contributed by atoms with Gasteiger partial charge in [-0.05, 0) is 24.3 Å². The van der Waals surface area contributed by atoms with Crippen molar-refractivity contribution < 1.29 is 0 Å². The summed E-state index contributed by atoms with van der Waals surface area (Å²) in [5.41, 5.74) is 7.32. The van der Waals surface area contributed by atoms with E-state index in [-0.39, 0.29) is 0 Å². The summed E-state index contributed by atoms with van der Waals surface area (Å²) in [7, 11) is 0. The van der Waals surface area contributed by atoms with E-state index in [1.807, 2.05) is 48.5 Å². The minimum atomic E-state index is 0.739. The highest BCUT2D eigenvalue weighted by molar-refractivity contribution is 5.88. The highest BCUT2D eigenvalue weighted by Gasteiger charge is 1.94. The zero-order valence-electron chi connectivity index (χ0n) is 9.32. The first-order chi connectivity index (χ1) is 8.38. The van der Waals surface area contributed by atoms with E-state index in [1.54, 1.807) is 18.6 Å². The third kappa shape index (κ3) is 3.01. The van der Waals surface area contributed by atoms with Crippen LogP contribution in [0.2, 0.25) is 0 Å². The summed E-state index contributed by atoms with van der Waals surface area (Å²) in [5.74, 6) is 0. The summed E-state index contributed by atoms with van der Waals surface area (Å²) in [5, 5.41) is 1.09. The fourth-order valence-electron chi connectivity index (χ4n) is 1.44. The Morgan fingerprint density at radius 2 is 1.53 bits per heavy atom. The van der Waals surface area contributed by atoms with E-state index in [9.17, 15) is 0 Å². The molecule has 0 unspecified atom stereocenters. The molecule has 3 heteroatoms. The van der Waals surface area contributed by atoms with Crippen LogP contribution in [-0.4, -0.2) is 9.97 Å². The van der Waals surface area contributed by atoms with Crippen LogP contribution in [0.25, 0.3) is 10.9 Å². The topological polar surface area (TPSA) is 51.8 Å². The monoisotopic (exact) mass is 223 g/mol. The summed E-state index contributed by atoms with van der Waals surface area (Å²) >= 11 is 0. The van der Waals surface area contributed by atoms with Crippen LogP contribution in [0.4, 0.5) is 5.69 Å². The van der Waals surface area contributed by atoms with E-state index in [1.165, 1.54) is 0 Å². The second-order valence-electron chi connectivity index (χ2n) is 3.45. The number of nitrogens with zero attached hydrogens (tertiary/aromatic N) is 2. The normalized spacial score (nSPS) is 9.41. The van der Waals surface area contributed by atoms with E-state index in [4.69, 9.17) is 5.73 Å². The maximum atomic E-state index is 5.69. The van der Waals surface area contributed by atoms with Gasteiger partial charge in [0.05, 0.1) is 11.2 Å². The molecule has 0 aliphatic heterocycles. The van der Waals surface area contributed by atoms with E-state index >= 15 is 0 Å². The molecule has 3 nitrogen and oxygen atoms in total. The van der Waals surface area contributed by atoms with Gasteiger partial charge in [-0.1, -0.05) is 24.3 Å². The van der Waals surface area contributed by atoms with Gasteiger partial charge in [-0.3, -0.25) is 9.97 Å². The fourth-order valence-corrected chi connectivity index (χ4v) is 1.44. The van der Waals surface area contributed by atoms with Crippen LogP contribution in [-0.2, 0) is 0 Å². The quantitative estimate of drug-likeness (QED) is 0.596. The molecule has 2 N–H and O–H groups in total. The Balaban J connectivity index is 0.000000153. The molecule has 0 fully saturated rings. The smallest absolute Gasteiger partial charge is 0.0931 e. The standard InChI is InChI=1S/C9H8N2.C5H5N/c10-8-5-1-3-7-4-2-6-11-9(7)8;1-2-4-6-5-3-1/h1-6H,10H2;1-5H. The number of anilines is 1. The largest absolute Gasteiger partial charge is 0.397 e. The van der Waals surface area contributed by atoms with Crippen LogP contribution >= 0.6 is 0 Å². The molecule has 0 radical (unpaired) electrons. The minimum absolute atomic E-state index is 0.739. The van der Waals surface area contributed by atoms with Crippen molar-refractivity contribution in [1.82, 2.24) is 9.97 Å². The summed E-state index contributed by atoms with van der Waals surface area (Å²) in [6, 6.07) is 15.4. The second-order valence-corrected chi connectivity index (χ2v) is 3.45. The molecule has 0 amide bonds. The van der Waals surface area contributed by atoms with Crippen LogP contribution in [0, 0.1) is 0 Å². The van der Waals surface area contributed by atoms with Crippen LogP contribution in [0.1, 0.15) is 0 Å². The number of rotatable bonds is 0. The van der Waals surface area contributed by atoms with E-state index in [2.05, 4.69) is 9.97 Å². The lowest BCUT2D eigenvalue weighted by atomic mass is 10.2. The van der Waals surface area contributed by atoms with Crippen LogP contribution in [0.3, 0.4) is 0 Å².